The zero-order valence-electron chi connectivity index (χ0n) is 18.4. The van der Waals surface area contributed by atoms with Crippen molar-refractivity contribution in [2.45, 2.75) is 78.2 Å². The molecule has 6 atom stereocenters. The number of allylic oxidation sites excluding steroid dienone is 2. The molecule has 5 nitrogen and oxygen atoms in total. The Labute approximate surface area is 179 Å². The summed E-state index contributed by atoms with van der Waals surface area (Å²) >= 11 is 0. The van der Waals surface area contributed by atoms with E-state index in [1.165, 1.54) is 0 Å². The molecule has 5 heteroatoms. The molecule has 4 aliphatic carbocycles. The number of rotatable bonds is 5. The Hall–Kier alpha value is -1.91. The third-order valence-corrected chi connectivity index (χ3v) is 8.54. The van der Waals surface area contributed by atoms with Crippen LogP contribution in [0, 0.1) is 28.6 Å². The summed E-state index contributed by atoms with van der Waals surface area (Å²) in [7, 11) is 0. The van der Waals surface area contributed by atoms with Gasteiger partial charge in [0.15, 0.2) is 5.78 Å². The summed E-state index contributed by atoms with van der Waals surface area (Å²) in [6, 6.07) is 0. The summed E-state index contributed by atoms with van der Waals surface area (Å²) in [4.78, 5) is 36.1. The third-order valence-electron chi connectivity index (χ3n) is 8.54. The highest BCUT2D eigenvalue weighted by molar-refractivity contribution is 6.01. The summed E-state index contributed by atoms with van der Waals surface area (Å²) in [6.45, 7) is 6.29. The van der Waals surface area contributed by atoms with Gasteiger partial charge in [-0.3, -0.25) is 14.4 Å². The van der Waals surface area contributed by atoms with Crippen LogP contribution in [0.15, 0.2) is 23.8 Å². The number of hydrogen-bond acceptors (Lipinski definition) is 5. The predicted octanol–water partition coefficient (Wildman–Crippen LogP) is 4.55. The van der Waals surface area contributed by atoms with Gasteiger partial charge in [-0.1, -0.05) is 32.4 Å². The van der Waals surface area contributed by atoms with Crippen molar-refractivity contribution in [3.8, 4) is 0 Å². The van der Waals surface area contributed by atoms with E-state index in [-0.39, 0.29) is 34.7 Å². The summed E-state index contributed by atoms with van der Waals surface area (Å²) in [6.07, 6.45) is 12.2. The van der Waals surface area contributed by atoms with Crippen molar-refractivity contribution < 1.29 is 23.9 Å². The molecule has 0 radical (unpaired) electrons. The Morgan fingerprint density at radius 2 is 1.83 bits per heavy atom. The van der Waals surface area contributed by atoms with E-state index in [2.05, 4.69) is 6.92 Å². The van der Waals surface area contributed by atoms with Crippen LogP contribution >= 0.6 is 0 Å². The first-order valence-corrected chi connectivity index (χ1v) is 11.6. The van der Waals surface area contributed by atoms with Crippen LogP contribution in [0.5, 0.6) is 0 Å². The molecule has 0 heterocycles. The first kappa shape index (κ1) is 21.3. The number of esters is 2. The Bertz CT molecular complexity index is 795. The lowest BCUT2D eigenvalue weighted by molar-refractivity contribution is -0.160. The van der Waals surface area contributed by atoms with Gasteiger partial charge in [0, 0.05) is 23.7 Å². The zero-order valence-corrected chi connectivity index (χ0v) is 18.4. The highest BCUT2D eigenvalue weighted by Crippen LogP contribution is 2.65. The minimum Gasteiger partial charge on any atom is -0.464 e. The number of hydrogen-bond donors (Lipinski definition) is 0. The molecule has 4 aliphatic rings. The monoisotopic (exact) mass is 414 g/mol. The van der Waals surface area contributed by atoms with Crippen molar-refractivity contribution in [1.29, 1.82) is 0 Å². The Morgan fingerprint density at radius 1 is 1.07 bits per heavy atom. The van der Waals surface area contributed by atoms with Gasteiger partial charge in [0.05, 0.1) is 0 Å². The van der Waals surface area contributed by atoms with Gasteiger partial charge < -0.3 is 9.47 Å². The normalized spacial score (nSPS) is 39.4. The summed E-state index contributed by atoms with van der Waals surface area (Å²) in [5, 5.41) is 0. The molecule has 3 fully saturated rings. The van der Waals surface area contributed by atoms with Gasteiger partial charge in [-0.15, -0.1) is 0 Å². The quantitative estimate of drug-likeness (QED) is 0.617. The molecule has 3 saturated carbocycles. The Morgan fingerprint density at radius 3 is 2.57 bits per heavy atom. The molecule has 0 spiro atoms. The van der Waals surface area contributed by atoms with E-state index in [1.54, 1.807) is 12.2 Å². The first-order chi connectivity index (χ1) is 14.3. The van der Waals surface area contributed by atoms with Crippen molar-refractivity contribution in [3.63, 3.8) is 0 Å². The van der Waals surface area contributed by atoms with Crippen molar-refractivity contribution in [3.05, 3.63) is 23.8 Å². The zero-order chi connectivity index (χ0) is 21.5. The van der Waals surface area contributed by atoms with E-state index in [9.17, 15) is 14.4 Å². The van der Waals surface area contributed by atoms with E-state index in [0.29, 0.717) is 37.2 Å². The Balaban J connectivity index is 1.62. The van der Waals surface area contributed by atoms with Crippen LogP contribution in [0.3, 0.4) is 0 Å². The second-order valence-corrected chi connectivity index (χ2v) is 9.83. The van der Waals surface area contributed by atoms with Gasteiger partial charge in [0.2, 0.25) is 0 Å². The van der Waals surface area contributed by atoms with Crippen molar-refractivity contribution >= 4 is 17.7 Å². The maximum Gasteiger partial charge on any atom is 0.305 e. The van der Waals surface area contributed by atoms with Crippen molar-refractivity contribution in [1.82, 2.24) is 0 Å². The molecule has 0 aromatic heterocycles. The molecule has 4 rings (SSSR count). The summed E-state index contributed by atoms with van der Waals surface area (Å²) in [5.41, 5.74) is 0.792. The Kier molecular flexibility index (Phi) is 5.67. The van der Waals surface area contributed by atoms with Crippen molar-refractivity contribution in [2.75, 3.05) is 6.61 Å². The number of fused-ring (bicyclic) bond motifs is 5. The average molecular weight is 415 g/mol. The van der Waals surface area contributed by atoms with Gasteiger partial charge in [0.1, 0.15) is 12.7 Å². The molecular formula is C25H34O5. The standard InChI is InChI=1S/C25H34O5/c1-4-22(27)29-15-25-13-10-17(26)14-16(25)6-7-18-19-8-9-21(30-23(28)5-2)24(19,3)12-11-20(18)25/h10,13-14,18-21H,4-9,11-12,15H2,1-3H3/t18-,19-,20-,21-,24-,25+/m0/s1. The maximum absolute atomic E-state index is 12.1. The second-order valence-electron chi connectivity index (χ2n) is 9.83. The van der Waals surface area contributed by atoms with Gasteiger partial charge in [-0.05, 0) is 68.4 Å². The second kappa shape index (κ2) is 7.97. The van der Waals surface area contributed by atoms with Gasteiger partial charge in [-0.2, -0.15) is 0 Å². The van der Waals surface area contributed by atoms with Gasteiger partial charge >= 0.3 is 11.9 Å². The van der Waals surface area contributed by atoms with Crippen LogP contribution in [0.1, 0.15) is 72.1 Å². The highest BCUT2D eigenvalue weighted by Gasteiger charge is 2.60. The molecule has 0 amide bonds. The van der Waals surface area contributed by atoms with Gasteiger partial charge in [0.25, 0.3) is 0 Å². The van der Waals surface area contributed by atoms with E-state index in [4.69, 9.17) is 9.47 Å². The fourth-order valence-electron chi connectivity index (χ4n) is 6.95. The summed E-state index contributed by atoms with van der Waals surface area (Å²) < 4.78 is 11.6. The predicted molar refractivity (Wildman–Crippen MR) is 112 cm³/mol. The molecule has 164 valence electrons. The fourth-order valence-corrected chi connectivity index (χ4v) is 6.95. The minimum absolute atomic E-state index is 0.00480. The smallest absolute Gasteiger partial charge is 0.305 e. The molecular weight excluding hydrogens is 380 g/mol. The maximum atomic E-state index is 12.1. The molecule has 0 saturated heterocycles. The van der Waals surface area contributed by atoms with Crippen molar-refractivity contribution in [2.24, 2.45) is 28.6 Å². The lowest BCUT2D eigenvalue weighted by Crippen LogP contribution is -2.53. The van der Waals surface area contributed by atoms with Crippen LogP contribution in [0.2, 0.25) is 0 Å². The third kappa shape index (κ3) is 3.34. The molecule has 0 aliphatic heterocycles. The largest absolute Gasteiger partial charge is 0.464 e. The molecule has 0 N–H and O–H groups in total. The average Bonchev–Trinajstić information content (AvgIpc) is 3.08. The van der Waals surface area contributed by atoms with Crippen LogP contribution in [0.25, 0.3) is 0 Å². The SMILES string of the molecule is CCC(=O)OC[C@]12C=CC(=O)C=C1CC[C@H]1[C@@H]3CC[C@H](OC(=O)CC)[C@@]3(C)CC[C@@H]12. The van der Waals surface area contributed by atoms with Crippen LogP contribution in [0.4, 0.5) is 0 Å². The fraction of sp³-hybridized carbons (Fsp3) is 0.720. The molecule has 0 bridgehead atoms. The molecule has 0 aromatic carbocycles. The number of carbonyl (C=O) groups is 3. The summed E-state index contributed by atoms with van der Waals surface area (Å²) in [5.74, 6) is 1.08. The first-order valence-electron chi connectivity index (χ1n) is 11.6. The van der Waals surface area contributed by atoms with Crippen LogP contribution in [-0.2, 0) is 23.9 Å². The molecule has 30 heavy (non-hydrogen) atoms. The number of ketones is 1. The highest BCUT2D eigenvalue weighted by atomic mass is 16.5. The lowest BCUT2D eigenvalue weighted by atomic mass is 9.48. The lowest BCUT2D eigenvalue weighted by Gasteiger charge is -2.57. The molecule has 0 aromatic rings. The van der Waals surface area contributed by atoms with E-state index in [1.807, 2.05) is 19.9 Å². The minimum atomic E-state index is -0.360. The van der Waals surface area contributed by atoms with E-state index < -0.39 is 0 Å². The van der Waals surface area contributed by atoms with Crippen LogP contribution < -0.4 is 0 Å². The van der Waals surface area contributed by atoms with Gasteiger partial charge in [-0.25, -0.2) is 0 Å². The molecule has 0 unspecified atom stereocenters. The number of ether oxygens (including phenoxy) is 2. The van der Waals surface area contributed by atoms with E-state index >= 15 is 0 Å². The topological polar surface area (TPSA) is 69.7 Å². The number of carbonyl (C=O) groups excluding carboxylic acids is 3. The van der Waals surface area contributed by atoms with Crippen LogP contribution in [-0.4, -0.2) is 30.4 Å². The van der Waals surface area contributed by atoms with E-state index in [0.717, 1.165) is 44.1 Å².